The van der Waals surface area contributed by atoms with Gasteiger partial charge in [0.2, 0.25) is 0 Å². The molecule has 0 aliphatic carbocycles. The summed E-state index contributed by atoms with van der Waals surface area (Å²) in [7, 11) is 0. The Morgan fingerprint density at radius 3 is 3.00 bits per heavy atom. The molecule has 0 fully saturated rings. The van der Waals surface area contributed by atoms with Crippen molar-refractivity contribution in [3.8, 4) is 0 Å². The molecule has 2 rings (SSSR count). The fraction of sp³-hybridized carbons (Fsp3) is 0.167. The summed E-state index contributed by atoms with van der Waals surface area (Å²) in [5.74, 6) is 0. The van der Waals surface area contributed by atoms with Crippen LogP contribution >= 0.6 is 15.9 Å². The standard InChI is InChI=1S/C12H13BrN2/c1-9(13)6-14-7-10-8-15-12-5-3-2-4-11(10)12/h2-5,8,14-15H,1,6-7H2. The maximum Gasteiger partial charge on any atom is 0.0457 e. The summed E-state index contributed by atoms with van der Waals surface area (Å²) < 4.78 is 0.974. The second kappa shape index (κ2) is 4.64. The lowest BCUT2D eigenvalue weighted by molar-refractivity contribution is 0.761. The monoisotopic (exact) mass is 264 g/mol. The van der Waals surface area contributed by atoms with Crippen LogP contribution in [0.5, 0.6) is 0 Å². The van der Waals surface area contributed by atoms with Gasteiger partial charge in [-0.2, -0.15) is 0 Å². The van der Waals surface area contributed by atoms with Crippen LogP contribution in [0, 0.1) is 0 Å². The molecule has 2 aromatic rings. The largest absolute Gasteiger partial charge is 0.361 e. The third kappa shape index (κ3) is 2.49. The second-order valence-electron chi connectivity index (χ2n) is 3.48. The van der Waals surface area contributed by atoms with Crippen LogP contribution in [0.2, 0.25) is 0 Å². The molecule has 2 N–H and O–H groups in total. The molecule has 15 heavy (non-hydrogen) atoms. The lowest BCUT2D eigenvalue weighted by Gasteiger charge is -2.01. The Kier molecular flexibility index (Phi) is 3.23. The van der Waals surface area contributed by atoms with Gasteiger partial charge in [-0.1, -0.05) is 40.7 Å². The Bertz CT molecular complexity index is 473. The van der Waals surface area contributed by atoms with E-state index in [0.29, 0.717) is 0 Å². The third-order valence-electron chi connectivity index (χ3n) is 2.31. The Hall–Kier alpha value is -1.06. The Morgan fingerprint density at radius 2 is 2.20 bits per heavy atom. The van der Waals surface area contributed by atoms with Gasteiger partial charge in [0, 0.05) is 34.7 Å². The number of hydrogen-bond donors (Lipinski definition) is 2. The van der Waals surface area contributed by atoms with E-state index in [-0.39, 0.29) is 0 Å². The molecule has 1 heterocycles. The summed E-state index contributed by atoms with van der Waals surface area (Å²) in [6, 6.07) is 8.31. The van der Waals surface area contributed by atoms with Gasteiger partial charge in [-0.25, -0.2) is 0 Å². The number of nitrogens with one attached hydrogen (secondary N) is 2. The number of halogens is 1. The van der Waals surface area contributed by atoms with Crippen molar-refractivity contribution < 1.29 is 0 Å². The molecule has 0 aliphatic rings. The number of H-pyrrole nitrogens is 1. The third-order valence-corrected chi connectivity index (χ3v) is 2.59. The van der Waals surface area contributed by atoms with Gasteiger partial charge in [0.15, 0.2) is 0 Å². The molecule has 2 nitrogen and oxygen atoms in total. The van der Waals surface area contributed by atoms with Crippen molar-refractivity contribution in [2.75, 3.05) is 6.54 Å². The van der Waals surface area contributed by atoms with Crippen LogP contribution in [-0.2, 0) is 6.54 Å². The first-order valence-electron chi connectivity index (χ1n) is 4.86. The van der Waals surface area contributed by atoms with Crippen LogP contribution in [0.25, 0.3) is 10.9 Å². The minimum atomic E-state index is 0.791. The summed E-state index contributed by atoms with van der Waals surface area (Å²) in [5, 5.41) is 4.60. The van der Waals surface area contributed by atoms with Crippen LogP contribution in [0.1, 0.15) is 5.56 Å². The molecule has 0 aliphatic heterocycles. The van der Waals surface area contributed by atoms with Crippen LogP contribution in [0.15, 0.2) is 41.5 Å². The van der Waals surface area contributed by atoms with Gasteiger partial charge in [-0.3, -0.25) is 0 Å². The van der Waals surface area contributed by atoms with Gasteiger partial charge in [0.25, 0.3) is 0 Å². The molecule has 0 unspecified atom stereocenters. The summed E-state index contributed by atoms with van der Waals surface area (Å²) in [6.07, 6.45) is 2.05. The zero-order valence-corrected chi connectivity index (χ0v) is 9.97. The highest BCUT2D eigenvalue weighted by Crippen LogP contribution is 2.17. The summed E-state index contributed by atoms with van der Waals surface area (Å²) >= 11 is 3.32. The zero-order chi connectivity index (χ0) is 10.7. The maximum absolute atomic E-state index is 3.78. The minimum Gasteiger partial charge on any atom is -0.361 e. The highest BCUT2D eigenvalue weighted by molar-refractivity contribution is 9.11. The summed E-state index contributed by atoms with van der Waals surface area (Å²) in [5.41, 5.74) is 2.48. The van der Waals surface area contributed by atoms with E-state index in [1.165, 1.54) is 16.5 Å². The number of aromatic nitrogens is 1. The fourth-order valence-corrected chi connectivity index (χ4v) is 1.81. The normalized spacial score (nSPS) is 10.7. The molecule has 0 saturated heterocycles. The van der Waals surface area contributed by atoms with E-state index in [1.54, 1.807) is 0 Å². The predicted octanol–water partition coefficient (Wildman–Crippen LogP) is 3.17. The van der Waals surface area contributed by atoms with E-state index in [9.17, 15) is 0 Å². The van der Waals surface area contributed by atoms with Crippen LogP contribution in [0.3, 0.4) is 0 Å². The average molecular weight is 265 g/mol. The lowest BCUT2D eigenvalue weighted by Crippen LogP contribution is -2.13. The first-order chi connectivity index (χ1) is 7.27. The number of benzene rings is 1. The molecular formula is C12H13BrN2. The molecule has 0 bridgehead atoms. The van der Waals surface area contributed by atoms with Crippen LogP contribution < -0.4 is 5.32 Å². The van der Waals surface area contributed by atoms with Crippen molar-refractivity contribution in [2.24, 2.45) is 0 Å². The van der Waals surface area contributed by atoms with E-state index in [4.69, 9.17) is 0 Å². The average Bonchev–Trinajstić information content (AvgIpc) is 2.62. The van der Waals surface area contributed by atoms with Gasteiger partial charge in [-0.05, 0) is 11.6 Å². The Morgan fingerprint density at radius 1 is 1.40 bits per heavy atom. The van der Waals surface area contributed by atoms with E-state index >= 15 is 0 Å². The number of aromatic amines is 1. The van der Waals surface area contributed by atoms with Crippen molar-refractivity contribution in [3.63, 3.8) is 0 Å². The molecule has 1 aromatic heterocycles. The molecule has 0 spiro atoms. The lowest BCUT2D eigenvalue weighted by atomic mass is 10.2. The molecular weight excluding hydrogens is 252 g/mol. The highest BCUT2D eigenvalue weighted by atomic mass is 79.9. The smallest absolute Gasteiger partial charge is 0.0457 e. The van der Waals surface area contributed by atoms with E-state index in [2.05, 4.69) is 57.2 Å². The van der Waals surface area contributed by atoms with Gasteiger partial charge < -0.3 is 10.3 Å². The number of rotatable bonds is 4. The SMILES string of the molecule is C=C(Br)CNCc1c[nH]c2ccccc12. The zero-order valence-electron chi connectivity index (χ0n) is 8.39. The molecule has 1 aromatic carbocycles. The summed E-state index contributed by atoms with van der Waals surface area (Å²) in [4.78, 5) is 3.25. The quantitative estimate of drug-likeness (QED) is 0.873. The first-order valence-corrected chi connectivity index (χ1v) is 5.65. The van der Waals surface area contributed by atoms with E-state index in [1.807, 2.05) is 6.07 Å². The Labute approximate surface area is 97.5 Å². The molecule has 0 saturated carbocycles. The fourth-order valence-electron chi connectivity index (χ4n) is 1.61. The summed E-state index contributed by atoms with van der Waals surface area (Å²) in [6.45, 7) is 5.43. The van der Waals surface area contributed by atoms with Gasteiger partial charge in [0.05, 0.1) is 0 Å². The van der Waals surface area contributed by atoms with E-state index < -0.39 is 0 Å². The topological polar surface area (TPSA) is 27.8 Å². The second-order valence-corrected chi connectivity index (χ2v) is 4.60. The van der Waals surface area contributed by atoms with E-state index in [0.717, 1.165) is 17.6 Å². The van der Waals surface area contributed by atoms with Gasteiger partial charge in [-0.15, -0.1) is 0 Å². The first kappa shape index (κ1) is 10.5. The predicted molar refractivity (Wildman–Crippen MR) is 68.1 cm³/mol. The molecule has 0 radical (unpaired) electrons. The van der Waals surface area contributed by atoms with Crippen molar-refractivity contribution >= 4 is 26.8 Å². The van der Waals surface area contributed by atoms with Crippen LogP contribution in [0.4, 0.5) is 0 Å². The highest BCUT2D eigenvalue weighted by Gasteiger charge is 2.01. The molecule has 78 valence electrons. The van der Waals surface area contributed by atoms with Crippen molar-refractivity contribution in [3.05, 3.63) is 47.1 Å². The molecule has 0 atom stereocenters. The van der Waals surface area contributed by atoms with Crippen molar-refractivity contribution in [1.29, 1.82) is 0 Å². The number of para-hydroxylation sites is 1. The van der Waals surface area contributed by atoms with Gasteiger partial charge >= 0.3 is 0 Å². The van der Waals surface area contributed by atoms with Crippen molar-refractivity contribution in [2.45, 2.75) is 6.54 Å². The molecule has 0 amide bonds. The maximum atomic E-state index is 3.78. The van der Waals surface area contributed by atoms with Crippen molar-refractivity contribution in [1.82, 2.24) is 10.3 Å². The number of hydrogen-bond acceptors (Lipinski definition) is 1. The molecule has 3 heteroatoms. The minimum absolute atomic E-state index is 0.791. The number of fused-ring (bicyclic) bond motifs is 1. The van der Waals surface area contributed by atoms with Crippen LogP contribution in [-0.4, -0.2) is 11.5 Å². The van der Waals surface area contributed by atoms with Gasteiger partial charge in [0.1, 0.15) is 0 Å². The Balaban J connectivity index is 2.11.